The highest BCUT2D eigenvalue weighted by Crippen LogP contribution is 2.37. The molecule has 1 aromatic heterocycles. The lowest BCUT2D eigenvalue weighted by Crippen LogP contribution is -2.66. The zero-order chi connectivity index (χ0) is 29.2. The molecular weight excluding hydrogens is 531 g/mol. The van der Waals surface area contributed by atoms with Crippen LogP contribution >= 0.6 is 0 Å². The van der Waals surface area contributed by atoms with Crippen molar-refractivity contribution in [2.75, 3.05) is 13.2 Å². The molecule has 0 radical (unpaired) electrons. The summed E-state index contributed by atoms with van der Waals surface area (Å²) in [6.45, 7) is 11.5. The van der Waals surface area contributed by atoms with Gasteiger partial charge in [0.1, 0.15) is 24.0 Å². The predicted molar refractivity (Wildman–Crippen MR) is 166 cm³/mol. The van der Waals surface area contributed by atoms with E-state index in [2.05, 4.69) is 79.3 Å². The van der Waals surface area contributed by atoms with E-state index < -0.39 is 14.1 Å². The van der Waals surface area contributed by atoms with Crippen LogP contribution in [0.3, 0.4) is 0 Å². The Kier molecular flexibility index (Phi) is 7.93. The fraction of sp³-hybridized carbons (Fsp3) is 0.235. The fourth-order valence-electron chi connectivity index (χ4n) is 5.66. The maximum absolute atomic E-state index is 13.8. The summed E-state index contributed by atoms with van der Waals surface area (Å²) in [6.07, 6.45) is 0. The molecule has 7 heteroatoms. The highest BCUT2D eigenvalue weighted by Gasteiger charge is 2.50. The Bertz CT molecular complexity index is 1670. The summed E-state index contributed by atoms with van der Waals surface area (Å²) in [4.78, 5) is 19.9. The summed E-state index contributed by atoms with van der Waals surface area (Å²) in [5.41, 5.74) is 2.57. The van der Waals surface area contributed by atoms with Crippen molar-refractivity contribution in [3.63, 3.8) is 0 Å². The van der Waals surface area contributed by atoms with Crippen LogP contribution in [0.1, 0.15) is 31.9 Å². The minimum absolute atomic E-state index is 0.115. The number of benzene rings is 4. The van der Waals surface area contributed by atoms with Crippen LogP contribution in [-0.4, -0.2) is 31.5 Å². The Hall–Kier alpha value is -4.07. The summed E-state index contributed by atoms with van der Waals surface area (Å²) in [6, 6.07) is 28.9. The van der Waals surface area contributed by atoms with Crippen molar-refractivity contribution in [2.45, 2.75) is 39.7 Å². The van der Waals surface area contributed by atoms with Crippen LogP contribution in [0.15, 0.2) is 95.8 Å². The van der Waals surface area contributed by atoms with Gasteiger partial charge in [0.25, 0.3) is 13.9 Å². The first kappa shape index (κ1) is 28.5. The predicted octanol–water partition coefficient (Wildman–Crippen LogP) is 6.30. The van der Waals surface area contributed by atoms with Crippen LogP contribution in [0.25, 0.3) is 22.3 Å². The number of halogens is 1. The van der Waals surface area contributed by atoms with Gasteiger partial charge in [-0.1, -0.05) is 81.4 Å². The molecule has 0 aliphatic carbocycles. The van der Waals surface area contributed by atoms with E-state index in [1.165, 1.54) is 28.6 Å². The molecule has 210 valence electrons. The quantitative estimate of drug-likeness (QED) is 0.177. The molecule has 0 amide bonds. The van der Waals surface area contributed by atoms with E-state index in [9.17, 15) is 9.18 Å². The van der Waals surface area contributed by atoms with Crippen LogP contribution in [0.2, 0.25) is 5.04 Å². The Labute approximate surface area is 241 Å². The smallest absolute Gasteiger partial charge is 0.261 e. The van der Waals surface area contributed by atoms with Gasteiger partial charge in [0.15, 0.2) is 0 Å². The first-order valence-electron chi connectivity index (χ1n) is 13.8. The molecule has 0 aliphatic rings. The lowest BCUT2D eigenvalue weighted by Gasteiger charge is -2.43. The van der Waals surface area contributed by atoms with Crippen molar-refractivity contribution in [2.24, 2.45) is 0 Å². The highest BCUT2D eigenvalue weighted by molar-refractivity contribution is 6.99. The number of nitrogens with zero attached hydrogens (tertiary/aromatic N) is 1. The SMILES string of the molecule is Cc1cc(-c2nc3cc(F)ccc3c(=O)[nH]2)cc(C)c1OCCO[Si](c1ccccc1)(c1ccccc1)C(C)(C)C. The van der Waals surface area contributed by atoms with Gasteiger partial charge in [-0.05, 0) is 64.7 Å². The number of rotatable bonds is 8. The molecular formula is C34H35FN2O3Si. The maximum Gasteiger partial charge on any atom is 0.261 e. The average molecular weight is 567 g/mol. The Morgan fingerprint density at radius 3 is 1.98 bits per heavy atom. The van der Waals surface area contributed by atoms with Crippen molar-refractivity contribution < 1.29 is 13.6 Å². The number of fused-ring (bicyclic) bond motifs is 1. The summed E-state index contributed by atoms with van der Waals surface area (Å²) < 4.78 is 27.0. The number of H-pyrrole nitrogens is 1. The number of hydrogen-bond donors (Lipinski definition) is 1. The Balaban J connectivity index is 1.39. The number of aromatic amines is 1. The maximum atomic E-state index is 13.8. The second-order valence-electron chi connectivity index (χ2n) is 11.4. The minimum atomic E-state index is -2.65. The molecule has 1 heterocycles. The number of nitrogens with one attached hydrogen (secondary N) is 1. The van der Waals surface area contributed by atoms with Crippen molar-refractivity contribution in [3.05, 3.63) is 118 Å². The third-order valence-corrected chi connectivity index (χ3v) is 12.5. The van der Waals surface area contributed by atoms with Gasteiger partial charge in [-0.2, -0.15) is 0 Å². The molecule has 0 atom stereocenters. The van der Waals surface area contributed by atoms with E-state index in [1.807, 2.05) is 38.1 Å². The van der Waals surface area contributed by atoms with Gasteiger partial charge in [-0.25, -0.2) is 9.37 Å². The lowest BCUT2D eigenvalue weighted by molar-refractivity contribution is 0.206. The molecule has 0 saturated carbocycles. The van der Waals surface area contributed by atoms with Gasteiger partial charge in [0.05, 0.1) is 17.5 Å². The van der Waals surface area contributed by atoms with Crippen molar-refractivity contribution >= 4 is 29.6 Å². The molecule has 0 aliphatic heterocycles. The first-order valence-corrected chi connectivity index (χ1v) is 15.7. The summed E-state index contributed by atoms with van der Waals surface area (Å²) in [7, 11) is -2.65. The average Bonchev–Trinajstić information content (AvgIpc) is 2.94. The molecule has 5 nitrogen and oxygen atoms in total. The van der Waals surface area contributed by atoms with Gasteiger partial charge in [-0.3, -0.25) is 4.79 Å². The van der Waals surface area contributed by atoms with Gasteiger partial charge in [0.2, 0.25) is 0 Å². The second-order valence-corrected chi connectivity index (χ2v) is 15.7. The number of ether oxygens (including phenoxy) is 1. The molecule has 5 rings (SSSR count). The molecule has 0 spiro atoms. The number of hydrogen-bond acceptors (Lipinski definition) is 4. The molecule has 0 unspecified atom stereocenters. The van der Waals surface area contributed by atoms with Crippen LogP contribution in [0.4, 0.5) is 4.39 Å². The van der Waals surface area contributed by atoms with E-state index in [1.54, 1.807) is 0 Å². The topological polar surface area (TPSA) is 64.2 Å². The fourth-order valence-corrected chi connectivity index (χ4v) is 10.2. The van der Waals surface area contributed by atoms with Gasteiger partial charge in [0, 0.05) is 11.6 Å². The monoisotopic (exact) mass is 566 g/mol. The lowest BCUT2D eigenvalue weighted by atomic mass is 10.0. The van der Waals surface area contributed by atoms with Gasteiger partial charge < -0.3 is 14.1 Å². The van der Waals surface area contributed by atoms with E-state index in [4.69, 9.17) is 9.16 Å². The zero-order valence-electron chi connectivity index (χ0n) is 24.1. The minimum Gasteiger partial charge on any atom is -0.491 e. The number of aromatic nitrogens is 2. The molecule has 4 aromatic carbocycles. The van der Waals surface area contributed by atoms with Crippen LogP contribution < -0.4 is 20.7 Å². The normalized spacial score (nSPS) is 12.0. The van der Waals surface area contributed by atoms with Gasteiger partial charge in [-0.15, -0.1) is 0 Å². The van der Waals surface area contributed by atoms with Crippen molar-refractivity contribution in [1.29, 1.82) is 0 Å². The Morgan fingerprint density at radius 1 is 0.829 bits per heavy atom. The summed E-state index contributed by atoms with van der Waals surface area (Å²) in [5, 5.41) is 2.69. The third kappa shape index (κ3) is 5.60. The molecule has 0 fully saturated rings. The van der Waals surface area contributed by atoms with Crippen LogP contribution in [0, 0.1) is 19.7 Å². The third-order valence-electron chi connectivity index (χ3n) is 7.47. The number of aryl methyl sites for hydroxylation is 2. The summed E-state index contributed by atoms with van der Waals surface area (Å²) >= 11 is 0. The van der Waals surface area contributed by atoms with Crippen molar-refractivity contribution in [1.82, 2.24) is 9.97 Å². The summed E-state index contributed by atoms with van der Waals surface area (Å²) in [5.74, 6) is 0.729. The van der Waals surface area contributed by atoms with Gasteiger partial charge >= 0.3 is 0 Å². The molecule has 41 heavy (non-hydrogen) atoms. The molecule has 0 bridgehead atoms. The molecule has 1 N–H and O–H groups in total. The zero-order valence-corrected chi connectivity index (χ0v) is 25.1. The highest BCUT2D eigenvalue weighted by atomic mass is 28.4. The van der Waals surface area contributed by atoms with E-state index in [0.29, 0.717) is 29.9 Å². The van der Waals surface area contributed by atoms with E-state index in [0.717, 1.165) is 22.4 Å². The van der Waals surface area contributed by atoms with Crippen LogP contribution in [-0.2, 0) is 4.43 Å². The molecule has 0 saturated heterocycles. The first-order chi connectivity index (χ1) is 19.6. The largest absolute Gasteiger partial charge is 0.491 e. The standard InChI is InChI=1S/C34H35FN2O3Si/c1-23-20-25(32-36-30-22-26(35)16-17-29(30)33(38)37-32)21-24(2)31(23)39-18-19-40-41(34(3,4)5,27-12-8-6-9-13-27)28-14-10-7-11-15-28/h6-17,20-22H,18-19H2,1-5H3,(H,36,37,38). The Morgan fingerprint density at radius 2 is 1.41 bits per heavy atom. The molecule has 5 aromatic rings. The van der Waals surface area contributed by atoms with Crippen molar-refractivity contribution in [3.8, 4) is 17.1 Å². The van der Waals surface area contributed by atoms with E-state index in [-0.39, 0.29) is 10.6 Å². The second kappa shape index (κ2) is 11.4. The van der Waals surface area contributed by atoms with Crippen LogP contribution in [0.5, 0.6) is 5.75 Å². The van der Waals surface area contributed by atoms with E-state index >= 15 is 0 Å².